The Labute approximate surface area is 286 Å². The Morgan fingerprint density at radius 3 is 1.88 bits per heavy atom. The molecule has 1 atom stereocenters. The summed E-state index contributed by atoms with van der Waals surface area (Å²) >= 11 is 0. The van der Waals surface area contributed by atoms with Gasteiger partial charge in [0.2, 0.25) is 5.96 Å². The standard InChI is InChI=1S/C41H37N3O5/c1-43-37(26-30-20-24-36(25-21-30)48-28-32-12-6-3-7-13-32)38(27-31-18-22-35(47-2)23-19-31)44(41(46)49-29-33-14-8-4-9-15-33)40(43)42-39(45)34-16-10-5-11-17-34/h3-25,27,37H,26,28-29H2,1-2H3/b38-27+,42-40?. The van der Waals surface area contributed by atoms with Gasteiger partial charge in [0, 0.05) is 12.6 Å². The normalized spacial score (nSPS) is 15.8. The first-order valence-corrected chi connectivity index (χ1v) is 16.0. The number of rotatable bonds is 10. The first-order valence-electron chi connectivity index (χ1n) is 16.0. The van der Waals surface area contributed by atoms with Crippen molar-refractivity contribution >= 4 is 24.0 Å². The van der Waals surface area contributed by atoms with Crippen molar-refractivity contribution in [2.24, 2.45) is 4.99 Å². The van der Waals surface area contributed by atoms with Crippen LogP contribution in [0.15, 0.2) is 150 Å². The van der Waals surface area contributed by atoms with Crippen molar-refractivity contribution in [2.45, 2.75) is 25.7 Å². The maximum atomic E-state index is 14.0. The number of guanidine groups is 1. The molecular weight excluding hydrogens is 614 g/mol. The lowest BCUT2D eigenvalue weighted by molar-refractivity contribution is 0.0999. The predicted octanol–water partition coefficient (Wildman–Crippen LogP) is 8.01. The van der Waals surface area contributed by atoms with Crippen LogP contribution in [0.4, 0.5) is 4.79 Å². The summed E-state index contributed by atoms with van der Waals surface area (Å²) in [6.45, 7) is 0.528. The Morgan fingerprint density at radius 1 is 0.694 bits per heavy atom. The fraction of sp³-hybridized carbons (Fsp3) is 0.146. The van der Waals surface area contributed by atoms with Crippen LogP contribution < -0.4 is 9.47 Å². The number of benzene rings is 5. The van der Waals surface area contributed by atoms with Gasteiger partial charge in [-0.05, 0) is 71.1 Å². The van der Waals surface area contributed by atoms with Gasteiger partial charge in [-0.3, -0.25) is 4.79 Å². The molecular formula is C41H37N3O5. The molecule has 8 nitrogen and oxygen atoms in total. The largest absolute Gasteiger partial charge is 0.497 e. The summed E-state index contributed by atoms with van der Waals surface area (Å²) in [5.41, 5.74) is 4.82. The van der Waals surface area contributed by atoms with E-state index < -0.39 is 12.0 Å². The Bertz CT molecular complexity index is 1910. The predicted molar refractivity (Wildman–Crippen MR) is 190 cm³/mol. The van der Waals surface area contributed by atoms with E-state index in [0.717, 1.165) is 28.0 Å². The van der Waals surface area contributed by atoms with Crippen molar-refractivity contribution in [2.75, 3.05) is 14.2 Å². The van der Waals surface area contributed by atoms with Crippen LogP contribution in [0.1, 0.15) is 32.6 Å². The topological polar surface area (TPSA) is 80.7 Å². The minimum absolute atomic E-state index is 0.0602. The average Bonchev–Trinajstić information content (AvgIpc) is 3.40. The Kier molecular flexibility index (Phi) is 10.5. The Morgan fingerprint density at radius 2 is 1.27 bits per heavy atom. The van der Waals surface area contributed by atoms with E-state index in [9.17, 15) is 9.59 Å². The average molecular weight is 652 g/mol. The van der Waals surface area contributed by atoms with Gasteiger partial charge in [0.25, 0.3) is 5.91 Å². The molecule has 0 aromatic heterocycles. The van der Waals surface area contributed by atoms with Crippen molar-refractivity contribution in [1.82, 2.24) is 9.80 Å². The monoisotopic (exact) mass is 651 g/mol. The second kappa shape index (κ2) is 15.6. The maximum Gasteiger partial charge on any atom is 0.421 e. The van der Waals surface area contributed by atoms with Crippen molar-refractivity contribution in [3.05, 3.63) is 173 Å². The maximum absolute atomic E-state index is 14.0. The highest BCUT2D eigenvalue weighted by Crippen LogP contribution is 2.32. The van der Waals surface area contributed by atoms with Crippen LogP contribution in [0.25, 0.3) is 6.08 Å². The number of hydrogen-bond acceptors (Lipinski definition) is 5. The van der Waals surface area contributed by atoms with Gasteiger partial charge in [0.15, 0.2) is 0 Å². The van der Waals surface area contributed by atoms with Crippen molar-refractivity contribution in [1.29, 1.82) is 0 Å². The molecule has 1 unspecified atom stereocenters. The molecule has 0 bridgehead atoms. The number of methoxy groups -OCH3 is 1. The summed E-state index contributed by atoms with van der Waals surface area (Å²) in [5.74, 6) is 1.18. The smallest absolute Gasteiger partial charge is 0.421 e. The van der Waals surface area contributed by atoms with Crippen molar-refractivity contribution in [3.8, 4) is 11.5 Å². The summed E-state index contributed by atoms with van der Waals surface area (Å²) in [4.78, 5) is 35.3. The fourth-order valence-electron chi connectivity index (χ4n) is 5.55. The van der Waals surface area contributed by atoms with Crippen molar-refractivity contribution in [3.63, 3.8) is 0 Å². The van der Waals surface area contributed by atoms with Crippen LogP contribution in [0.2, 0.25) is 0 Å². The molecule has 49 heavy (non-hydrogen) atoms. The Hall–Kier alpha value is -6.15. The second-order valence-corrected chi connectivity index (χ2v) is 11.5. The number of carbonyl (C=O) groups excluding carboxylic acids is 2. The first kappa shape index (κ1) is 32.8. The molecule has 1 fully saturated rings. The molecule has 5 aromatic carbocycles. The summed E-state index contributed by atoms with van der Waals surface area (Å²) < 4.78 is 17.2. The molecule has 246 valence electrons. The van der Waals surface area contributed by atoms with Gasteiger partial charge in [0.05, 0.1) is 18.8 Å². The van der Waals surface area contributed by atoms with E-state index in [1.54, 1.807) is 31.4 Å². The second-order valence-electron chi connectivity index (χ2n) is 11.5. The number of nitrogens with zero attached hydrogens (tertiary/aromatic N) is 3. The SMILES string of the molecule is COc1ccc(/C=C2\C(Cc3ccc(OCc4ccccc4)cc3)N(C)C(=NC(=O)c3ccccc3)N2C(=O)OCc2ccccc2)cc1. The number of amides is 2. The van der Waals surface area contributed by atoms with Crippen LogP contribution in [0.3, 0.4) is 0 Å². The quantitative estimate of drug-likeness (QED) is 0.152. The number of aliphatic imine (C=N–C) groups is 1. The van der Waals surface area contributed by atoms with Gasteiger partial charge in [-0.15, -0.1) is 0 Å². The molecule has 1 aliphatic rings. The third-order valence-electron chi connectivity index (χ3n) is 8.22. The lowest BCUT2D eigenvalue weighted by Crippen LogP contribution is -2.37. The molecule has 0 radical (unpaired) electrons. The van der Waals surface area contributed by atoms with Crippen LogP contribution in [-0.4, -0.2) is 48.0 Å². The summed E-state index contributed by atoms with van der Waals surface area (Å²) in [6, 6.07) is 43.4. The Balaban J connectivity index is 1.35. The van der Waals surface area contributed by atoms with Crippen LogP contribution in [0, 0.1) is 0 Å². The molecule has 2 amide bonds. The summed E-state index contributed by atoms with van der Waals surface area (Å²) in [5, 5.41) is 0. The van der Waals surface area contributed by atoms with E-state index in [1.165, 1.54) is 4.90 Å². The molecule has 0 spiro atoms. The van der Waals surface area contributed by atoms with Crippen molar-refractivity contribution < 1.29 is 23.8 Å². The lowest BCUT2D eigenvalue weighted by Gasteiger charge is -2.20. The van der Waals surface area contributed by atoms with E-state index in [-0.39, 0.29) is 18.6 Å². The highest BCUT2D eigenvalue weighted by molar-refractivity contribution is 6.08. The molecule has 1 aliphatic heterocycles. The third-order valence-corrected chi connectivity index (χ3v) is 8.22. The molecule has 6 rings (SSSR count). The molecule has 0 saturated carbocycles. The van der Waals surface area contributed by atoms with Crippen LogP contribution >= 0.6 is 0 Å². The van der Waals surface area contributed by atoms with E-state index >= 15 is 0 Å². The fourth-order valence-corrected chi connectivity index (χ4v) is 5.55. The molecule has 5 aromatic rings. The number of hydrogen-bond donors (Lipinski definition) is 0. The number of ether oxygens (including phenoxy) is 3. The summed E-state index contributed by atoms with van der Waals surface area (Å²) in [6.07, 6.45) is 1.80. The molecule has 0 aliphatic carbocycles. The zero-order chi connectivity index (χ0) is 34.0. The number of carbonyl (C=O) groups is 2. The van der Waals surface area contributed by atoms with E-state index in [4.69, 9.17) is 14.2 Å². The summed E-state index contributed by atoms with van der Waals surface area (Å²) in [7, 11) is 3.45. The highest BCUT2D eigenvalue weighted by atomic mass is 16.6. The molecule has 1 saturated heterocycles. The lowest BCUT2D eigenvalue weighted by atomic mass is 10.0. The van der Waals surface area contributed by atoms with E-state index in [0.29, 0.717) is 30.0 Å². The third kappa shape index (κ3) is 8.23. The van der Waals surface area contributed by atoms with Gasteiger partial charge in [0.1, 0.15) is 24.7 Å². The van der Waals surface area contributed by atoms with Gasteiger partial charge in [-0.25, -0.2) is 9.69 Å². The van der Waals surface area contributed by atoms with Gasteiger partial charge in [-0.1, -0.05) is 103 Å². The zero-order valence-electron chi connectivity index (χ0n) is 27.4. The minimum Gasteiger partial charge on any atom is -0.497 e. The highest BCUT2D eigenvalue weighted by Gasteiger charge is 2.43. The molecule has 1 heterocycles. The molecule has 8 heteroatoms. The van der Waals surface area contributed by atoms with E-state index in [1.807, 2.05) is 133 Å². The van der Waals surface area contributed by atoms with E-state index in [2.05, 4.69) is 4.99 Å². The first-order chi connectivity index (χ1) is 24.0. The minimum atomic E-state index is -0.637. The van der Waals surface area contributed by atoms with Gasteiger partial charge >= 0.3 is 6.09 Å². The zero-order valence-corrected chi connectivity index (χ0v) is 27.4. The van der Waals surface area contributed by atoms with Gasteiger partial charge < -0.3 is 19.1 Å². The molecule has 0 N–H and O–H groups in total. The van der Waals surface area contributed by atoms with Crippen LogP contribution in [-0.2, 0) is 24.4 Å². The number of likely N-dealkylation sites (N-methyl/N-ethyl adjacent to an activating group) is 1. The van der Waals surface area contributed by atoms with Crippen LogP contribution in [0.5, 0.6) is 11.5 Å². The van der Waals surface area contributed by atoms with Gasteiger partial charge in [-0.2, -0.15) is 4.99 Å².